The smallest absolute Gasteiger partial charge is 0.330 e. The van der Waals surface area contributed by atoms with E-state index < -0.39 is 0 Å². The molecule has 166 valence electrons. The first-order valence-electron chi connectivity index (χ1n) is 10.6. The lowest BCUT2D eigenvalue weighted by Gasteiger charge is -2.06. The van der Waals surface area contributed by atoms with Gasteiger partial charge in [0.05, 0.1) is 11.8 Å². The third-order valence-electron chi connectivity index (χ3n) is 5.38. The predicted octanol–water partition coefficient (Wildman–Crippen LogP) is 3.02. The second kappa shape index (κ2) is 9.09. The number of carbonyl (C=O) groups excluding carboxylic acids is 2. The van der Waals surface area contributed by atoms with Gasteiger partial charge in [0.25, 0.3) is 0 Å². The van der Waals surface area contributed by atoms with Gasteiger partial charge in [0.1, 0.15) is 11.4 Å². The van der Waals surface area contributed by atoms with Crippen LogP contribution in [0, 0.1) is 0 Å². The van der Waals surface area contributed by atoms with Crippen LogP contribution in [0.1, 0.15) is 32.3 Å². The van der Waals surface area contributed by atoms with Crippen molar-refractivity contribution < 1.29 is 14.0 Å². The van der Waals surface area contributed by atoms with Gasteiger partial charge in [-0.15, -0.1) is 0 Å². The van der Waals surface area contributed by atoms with Gasteiger partial charge >= 0.3 is 5.69 Å². The van der Waals surface area contributed by atoms with Gasteiger partial charge < -0.3 is 15.1 Å². The monoisotopic (exact) mass is 435 g/mol. The molecular formula is C23H25N5O4. The molecule has 4 rings (SSSR count). The Labute approximate surface area is 184 Å². The van der Waals surface area contributed by atoms with E-state index in [4.69, 9.17) is 4.42 Å². The first-order chi connectivity index (χ1) is 15.5. The standard InChI is InChI=1S/C23H25N5O4/c1-3-27-17-9-10-19(26-22(17)28(4-2)23(27)31)25-21(30)12-11-20(29)24-13-15-14-32-18-8-6-5-7-16(15)18/h5-10,14H,3-4,11-13H2,1-2H3,(H,24,29)(H,25,26,30). The first-order valence-corrected chi connectivity index (χ1v) is 10.6. The number of anilines is 1. The summed E-state index contributed by atoms with van der Waals surface area (Å²) in [4.78, 5) is 41.4. The van der Waals surface area contributed by atoms with Crippen molar-refractivity contribution in [3.8, 4) is 0 Å². The van der Waals surface area contributed by atoms with E-state index in [9.17, 15) is 14.4 Å². The molecule has 0 saturated heterocycles. The largest absolute Gasteiger partial charge is 0.464 e. The van der Waals surface area contributed by atoms with Crippen molar-refractivity contribution in [3.05, 3.63) is 58.7 Å². The van der Waals surface area contributed by atoms with Crippen LogP contribution in [0.25, 0.3) is 22.1 Å². The highest BCUT2D eigenvalue weighted by atomic mass is 16.3. The summed E-state index contributed by atoms with van der Waals surface area (Å²) in [5.41, 5.74) is 2.79. The molecule has 32 heavy (non-hydrogen) atoms. The Morgan fingerprint density at radius 3 is 2.53 bits per heavy atom. The Morgan fingerprint density at radius 1 is 1.00 bits per heavy atom. The minimum absolute atomic E-state index is 0.0221. The molecule has 2 amide bonds. The summed E-state index contributed by atoms with van der Waals surface area (Å²) < 4.78 is 8.68. The Kier molecular flexibility index (Phi) is 6.07. The normalized spacial score (nSPS) is 11.2. The molecule has 0 aliphatic rings. The summed E-state index contributed by atoms with van der Waals surface area (Å²) in [5, 5.41) is 6.48. The molecule has 1 aromatic carbocycles. The third-order valence-corrected chi connectivity index (χ3v) is 5.38. The van der Waals surface area contributed by atoms with Crippen molar-refractivity contribution >= 4 is 39.8 Å². The lowest BCUT2D eigenvalue weighted by molar-refractivity contribution is -0.124. The molecule has 0 radical (unpaired) electrons. The third kappa shape index (κ3) is 4.14. The highest BCUT2D eigenvalue weighted by Gasteiger charge is 2.14. The van der Waals surface area contributed by atoms with Gasteiger partial charge in [0.2, 0.25) is 11.8 Å². The zero-order valence-electron chi connectivity index (χ0n) is 18.1. The summed E-state index contributed by atoms with van der Waals surface area (Å²) in [7, 11) is 0. The predicted molar refractivity (Wildman–Crippen MR) is 121 cm³/mol. The van der Waals surface area contributed by atoms with E-state index >= 15 is 0 Å². The maximum atomic E-state index is 12.4. The molecule has 0 bridgehead atoms. The number of aromatic nitrogens is 3. The fourth-order valence-electron chi connectivity index (χ4n) is 3.73. The van der Waals surface area contributed by atoms with Crippen LogP contribution in [0.5, 0.6) is 0 Å². The number of imidazole rings is 1. The number of aryl methyl sites for hydroxylation is 2. The van der Waals surface area contributed by atoms with E-state index in [0.717, 1.165) is 22.0 Å². The second-order valence-corrected chi connectivity index (χ2v) is 7.39. The molecule has 9 heteroatoms. The van der Waals surface area contributed by atoms with Crippen molar-refractivity contribution in [3.63, 3.8) is 0 Å². The lowest BCUT2D eigenvalue weighted by atomic mass is 10.2. The van der Waals surface area contributed by atoms with Crippen molar-refractivity contribution in [2.45, 2.75) is 46.3 Å². The summed E-state index contributed by atoms with van der Waals surface area (Å²) in [6.45, 7) is 5.13. The van der Waals surface area contributed by atoms with E-state index in [-0.39, 0.29) is 30.3 Å². The number of hydrogen-bond acceptors (Lipinski definition) is 5. The number of carbonyl (C=O) groups is 2. The van der Waals surface area contributed by atoms with E-state index in [2.05, 4.69) is 15.6 Å². The fraction of sp³-hybridized carbons (Fsp3) is 0.304. The quantitative estimate of drug-likeness (QED) is 0.442. The number of nitrogens with zero attached hydrogens (tertiary/aromatic N) is 3. The summed E-state index contributed by atoms with van der Waals surface area (Å²) in [6, 6.07) is 11.0. The number of rotatable bonds is 8. The van der Waals surface area contributed by atoms with Crippen LogP contribution in [0.15, 0.2) is 51.9 Å². The average Bonchev–Trinajstić information content (AvgIpc) is 3.33. The van der Waals surface area contributed by atoms with E-state index in [1.807, 2.05) is 38.1 Å². The number of nitrogens with one attached hydrogen (secondary N) is 2. The van der Waals surface area contributed by atoms with Crippen LogP contribution in [0.4, 0.5) is 5.82 Å². The van der Waals surface area contributed by atoms with Crippen molar-refractivity contribution in [1.29, 1.82) is 0 Å². The fourth-order valence-corrected chi connectivity index (χ4v) is 3.73. The SMILES string of the molecule is CCn1c(=O)n(CC)c2nc(NC(=O)CCC(=O)NCc3coc4ccccc34)ccc21. The van der Waals surface area contributed by atoms with Gasteiger partial charge in [-0.1, -0.05) is 18.2 Å². The van der Waals surface area contributed by atoms with E-state index in [1.54, 1.807) is 27.5 Å². The minimum Gasteiger partial charge on any atom is -0.464 e. The molecule has 0 unspecified atom stereocenters. The second-order valence-electron chi connectivity index (χ2n) is 7.39. The maximum absolute atomic E-state index is 12.4. The molecule has 2 N–H and O–H groups in total. The Morgan fingerprint density at radius 2 is 1.75 bits per heavy atom. The summed E-state index contributed by atoms with van der Waals surface area (Å²) in [6.07, 6.45) is 1.70. The highest BCUT2D eigenvalue weighted by Crippen LogP contribution is 2.20. The molecule has 4 aromatic rings. The number of fused-ring (bicyclic) bond motifs is 2. The zero-order chi connectivity index (χ0) is 22.7. The van der Waals surface area contributed by atoms with Gasteiger partial charge in [0.15, 0.2) is 5.65 Å². The van der Waals surface area contributed by atoms with Crippen LogP contribution in [0.2, 0.25) is 0 Å². The van der Waals surface area contributed by atoms with Gasteiger partial charge in [-0.3, -0.25) is 18.7 Å². The molecule has 9 nitrogen and oxygen atoms in total. The van der Waals surface area contributed by atoms with Crippen molar-refractivity contribution in [2.75, 3.05) is 5.32 Å². The zero-order valence-corrected chi connectivity index (χ0v) is 18.1. The van der Waals surface area contributed by atoms with Crippen LogP contribution in [0.3, 0.4) is 0 Å². The Bertz CT molecular complexity index is 1350. The number of amides is 2. The molecule has 3 heterocycles. The molecule has 3 aromatic heterocycles. The average molecular weight is 435 g/mol. The molecule has 0 saturated carbocycles. The lowest BCUT2D eigenvalue weighted by Crippen LogP contribution is -2.24. The highest BCUT2D eigenvalue weighted by molar-refractivity contribution is 5.93. The Hall–Kier alpha value is -3.88. The van der Waals surface area contributed by atoms with Gasteiger partial charge in [-0.05, 0) is 32.0 Å². The van der Waals surface area contributed by atoms with Crippen LogP contribution in [-0.2, 0) is 29.2 Å². The summed E-state index contributed by atoms with van der Waals surface area (Å²) >= 11 is 0. The molecule has 0 atom stereocenters. The van der Waals surface area contributed by atoms with E-state index in [0.29, 0.717) is 31.1 Å². The number of hydrogen-bond donors (Lipinski definition) is 2. The van der Waals surface area contributed by atoms with E-state index in [1.165, 1.54) is 0 Å². The minimum atomic E-state index is -0.318. The first kappa shape index (κ1) is 21.4. The van der Waals surface area contributed by atoms with Crippen molar-refractivity contribution in [1.82, 2.24) is 19.4 Å². The molecule has 0 aliphatic heterocycles. The van der Waals surface area contributed by atoms with Gasteiger partial charge in [-0.2, -0.15) is 0 Å². The van der Waals surface area contributed by atoms with Crippen LogP contribution >= 0.6 is 0 Å². The summed E-state index contributed by atoms with van der Waals surface area (Å²) in [5.74, 6) is -0.196. The number of benzene rings is 1. The Balaban J connectivity index is 1.34. The van der Waals surface area contributed by atoms with Crippen LogP contribution < -0.4 is 16.3 Å². The van der Waals surface area contributed by atoms with Gasteiger partial charge in [-0.25, -0.2) is 9.78 Å². The number of pyridine rings is 1. The number of furan rings is 1. The molecule has 0 aliphatic carbocycles. The topological polar surface area (TPSA) is 111 Å². The van der Waals surface area contributed by atoms with Crippen LogP contribution in [-0.4, -0.2) is 25.9 Å². The molecular weight excluding hydrogens is 410 g/mol. The van der Waals surface area contributed by atoms with Crippen molar-refractivity contribution in [2.24, 2.45) is 0 Å². The van der Waals surface area contributed by atoms with Gasteiger partial charge in [0, 0.05) is 43.4 Å². The maximum Gasteiger partial charge on any atom is 0.330 e. The molecule has 0 fully saturated rings. The molecule has 0 spiro atoms. The number of para-hydroxylation sites is 1.